The zero-order chi connectivity index (χ0) is 18.2. The van der Waals surface area contributed by atoms with Crippen LogP contribution in [0.2, 0.25) is 0 Å². The quantitative estimate of drug-likeness (QED) is 0.736. The first kappa shape index (κ1) is 17.8. The van der Waals surface area contributed by atoms with E-state index in [1.807, 2.05) is 0 Å². The number of amides is 1. The van der Waals surface area contributed by atoms with Crippen LogP contribution in [0.15, 0.2) is 18.2 Å². The van der Waals surface area contributed by atoms with Crippen LogP contribution in [0.3, 0.4) is 0 Å². The lowest BCUT2D eigenvalue weighted by Gasteiger charge is -2.16. The van der Waals surface area contributed by atoms with Gasteiger partial charge in [0, 0.05) is 0 Å². The van der Waals surface area contributed by atoms with Gasteiger partial charge in [-0.2, -0.15) is 0 Å². The molecule has 1 aromatic carbocycles. The van der Waals surface area contributed by atoms with Gasteiger partial charge in [0.25, 0.3) is 0 Å². The summed E-state index contributed by atoms with van der Waals surface area (Å²) < 4.78 is 5.58. The van der Waals surface area contributed by atoms with Crippen LogP contribution in [-0.4, -0.2) is 34.2 Å². The highest BCUT2D eigenvalue weighted by Gasteiger charge is 2.65. The number of aliphatic carboxylic acids is 1. The van der Waals surface area contributed by atoms with Crippen LogP contribution in [0.1, 0.15) is 38.1 Å². The number of nitrogens with one attached hydrogen (secondary N) is 1. The number of hydrogen-bond acceptors (Lipinski definition) is 4. The number of ether oxygens (including phenoxy) is 1. The largest absolute Gasteiger partial charge is 0.489 e. The smallest absolute Gasteiger partial charge is 0.335 e. The Hall–Kier alpha value is -2.57. The fraction of sp³-hybridized carbons (Fsp3) is 0.471. The number of carbonyl (C=O) groups is 3. The maximum Gasteiger partial charge on any atom is 0.335 e. The average Bonchev–Trinajstić information content (AvgIpc) is 3.03. The van der Waals surface area contributed by atoms with Crippen molar-refractivity contribution >= 4 is 23.5 Å². The van der Waals surface area contributed by atoms with E-state index in [1.165, 1.54) is 18.2 Å². The van der Waals surface area contributed by atoms with Crippen molar-refractivity contribution in [2.75, 3.05) is 5.32 Å². The summed E-state index contributed by atoms with van der Waals surface area (Å²) in [7, 11) is 0. The van der Waals surface area contributed by atoms with Crippen LogP contribution in [0.25, 0.3) is 0 Å². The molecule has 0 aliphatic heterocycles. The Kier molecular flexibility index (Phi) is 4.55. The molecule has 0 saturated heterocycles. The van der Waals surface area contributed by atoms with Crippen LogP contribution in [-0.2, 0) is 9.59 Å². The Balaban J connectivity index is 2.27. The van der Waals surface area contributed by atoms with Crippen LogP contribution in [0.4, 0.5) is 5.69 Å². The fourth-order valence-corrected chi connectivity index (χ4v) is 2.92. The molecule has 1 fully saturated rings. The van der Waals surface area contributed by atoms with Crippen molar-refractivity contribution in [1.82, 2.24) is 0 Å². The summed E-state index contributed by atoms with van der Waals surface area (Å²) in [5, 5.41) is 20.9. The minimum Gasteiger partial charge on any atom is -0.489 e. The summed E-state index contributed by atoms with van der Waals surface area (Å²) in [4.78, 5) is 34.8. The van der Waals surface area contributed by atoms with Crippen molar-refractivity contribution in [3.63, 3.8) is 0 Å². The van der Waals surface area contributed by atoms with Gasteiger partial charge in [-0.1, -0.05) is 13.8 Å². The zero-order valence-electron chi connectivity index (χ0n) is 14.0. The summed E-state index contributed by atoms with van der Waals surface area (Å²) in [6.07, 6.45) is -0.166. The van der Waals surface area contributed by atoms with E-state index in [4.69, 9.17) is 9.84 Å². The van der Waals surface area contributed by atoms with E-state index in [2.05, 4.69) is 5.32 Å². The topological polar surface area (TPSA) is 113 Å². The third kappa shape index (κ3) is 3.34. The molecule has 0 unspecified atom stereocenters. The van der Waals surface area contributed by atoms with E-state index in [0.29, 0.717) is 5.75 Å². The van der Waals surface area contributed by atoms with Gasteiger partial charge >= 0.3 is 11.9 Å². The number of benzene rings is 1. The Morgan fingerprint density at radius 2 is 1.79 bits per heavy atom. The monoisotopic (exact) mass is 335 g/mol. The number of carbonyl (C=O) groups excluding carboxylic acids is 1. The summed E-state index contributed by atoms with van der Waals surface area (Å²) in [5.41, 5.74) is -0.411. The molecule has 0 radical (unpaired) electrons. The predicted molar refractivity (Wildman–Crippen MR) is 86.2 cm³/mol. The molecule has 1 aromatic rings. The first-order valence-corrected chi connectivity index (χ1v) is 7.63. The molecule has 2 rings (SSSR count). The lowest BCUT2D eigenvalue weighted by atomic mass is 10.1. The highest BCUT2D eigenvalue weighted by atomic mass is 16.5. The summed E-state index contributed by atoms with van der Waals surface area (Å²) in [5.74, 6) is -3.68. The molecular formula is C17H21NO6. The third-order valence-electron chi connectivity index (χ3n) is 4.22. The van der Waals surface area contributed by atoms with Crippen molar-refractivity contribution < 1.29 is 29.3 Å². The molecule has 1 aliphatic carbocycles. The summed E-state index contributed by atoms with van der Waals surface area (Å²) in [6, 6.07) is 4.17. The van der Waals surface area contributed by atoms with Crippen molar-refractivity contribution in [2.45, 2.75) is 33.8 Å². The Bertz CT molecular complexity index is 694. The number of rotatable bonds is 6. The molecule has 0 aromatic heterocycles. The first-order chi connectivity index (χ1) is 11.1. The highest BCUT2D eigenvalue weighted by Crippen LogP contribution is 2.58. The SMILES string of the molecule is CC(C)Oc1ccc(C(=O)O)cc1NC(=O)[C@@H]1[C@H](C(=O)O)C1(C)C. The van der Waals surface area contributed by atoms with Gasteiger partial charge in [0.05, 0.1) is 29.2 Å². The van der Waals surface area contributed by atoms with Gasteiger partial charge in [-0.05, 0) is 37.5 Å². The molecule has 7 nitrogen and oxygen atoms in total. The molecule has 0 spiro atoms. The lowest BCUT2D eigenvalue weighted by Crippen LogP contribution is -2.19. The molecule has 0 bridgehead atoms. The van der Waals surface area contributed by atoms with E-state index in [-0.39, 0.29) is 17.4 Å². The fourth-order valence-electron chi connectivity index (χ4n) is 2.92. The first-order valence-electron chi connectivity index (χ1n) is 7.63. The van der Waals surface area contributed by atoms with E-state index >= 15 is 0 Å². The molecule has 0 heterocycles. The van der Waals surface area contributed by atoms with Gasteiger partial charge in [0.1, 0.15) is 5.75 Å². The van der Waals surface area contributed by atoms with Gasteiger partial charge in [-0.3, -0.25) is 9.59 Å². The highest BCUT2D eigenvalue weighted by molar-refractivity contribution is 6.01. The van der Waals surface area contributed by atoms with E-state index in [1.54, 1.807) is 27.7 Å². The summed E-state index contributed by atoms with van der Waals surface area (Å²) in [6.45, 7) is 7.05. The van der Waals surface area contributed by atoms with Crippen LogP contribution < -0.4 is 10.1 Å². The van der Waals surface area contributed by atoms with Crippen LogP contribution >= 0.6 is 0 Å². The number of anilines is 1. The minimum absolute atomic E-state index is 0.00579. The van der Waals surface area contributed by atoms with Crippen molar-refractivity contribution in [3.05, 3.63) is 23.8 Å². The molecule has 24 heavy (non-hydrogen) atoms. The van der Waals surface area contributed by atoms with E-state index in [9.17, 15) is 19.5 Å². The number of hydrogen-bond donors (Lipinski definition) is 3. The minimum atomic E-state index is -1.13. The second kappa shape index (κ2) is 6.14. The van der Waals surface area contributed by atoms with Crippen LogP contribution in [0, 0.1) is 17.3 Å². The van der Waals surface area contributed by atoms with Crippen molar-refractivity contribution in [1.29, 1.82) is 0 Å². The number of carboxylic acid groups (broad SMARTS) is 2. The molecule has 1 saturated carbocycles. The third-order valence-corrected chi connectivity index (χ3v) is 4.22. The van der Waals surface area contributed by atoms with E-state index in [0.717, 1.165) is 0 Å². The van der Waals surface area contributed by atoms with Gasteiger partial charge in [-0.15, -0.1) is 0 Å². The van der Waals surface area contributed by atoms with Crippen molar-refractivity contribution in [3.8, 4) is 5.75 Å². The molecule has 7 heteroatoms. The number of carboxylic acids is 2. The van der Waals surface area contributed by atoms with Gasteiger partial charge in [0.15, 0.2) is 0 Å². The lowest BCUT2D eigenvalue weighted by molar-refractivity contribution is -0.140. The summed E-state index contributed by atoms with van der Waals surface area (Å²) >= 11 is 0. The predicted octanol–water partition coefficient (Wildman–Crippen LogP) is 2.47. The second-order valence-corrected chi connectivity index (χ2v) is 6.79. The molecule has 3 N–H and O–H groups in total. The molecule has 2 atom stereocenters. The van der Waals surface area contributed by atoms with Gasteiger partial charge in [0.2, 0.25) is 5.91 Å². The van der Waals surface area contributed by atoms with Crippen LogP contribution in [0.5, 0.6) is 5.75 Å². The molecule has 1 aliphatic rings. The Morgan fingerprint density at radius 1 is 1.17 bits per heavy atom. The Labute approximate surface area is 139 Å². The normalized spacial score (nSPS) is 21.2. The Morgan fingerprint density at radius 3 is 2.25 bits per heavy atom. The van der Waals surface area contributed by atoms with Crippen molar-refractivity contribution in [2.24, 2.45) is 17.3 Å². The van der Waals surface area contributed by atoms with E-state index < -0.39 is 35.1 Å². The standard InChI is InChI=1S/C17H21NO6/c1-8(2)24-11-6-5-9(15(20)21)7-10(11)18-14(19)12-13(16(22)23)17(12,3)4/h5-8,12-13H,1-4H3,(H,18,19)(H,20,21)(H,22,23)/t12-,13+/m0/s1. The maximum absolute atomic E-state index is 12.4. The molecular weight excluding hydrogens is 314 g/mol. The second-order valence-electron chi connectivity index (χ2n) is 6.79. The number of aromatic carboxylic acids is 1. The molecule has 130 valence electrons. The zero-order valence-corrected chi connectivity index (χ0v) is 14.0. The maximum atomic E-state index is 12.4. The van der Waals surface area contributed by atoms with Gasteiger partial charge < -0.3 is 20.3 Å². The average molecular weight is 335 g/mol. The van der Waals surface area contributed by atoms with Gasteiger partial charge in [-0.25, -0.2) is 4.79 Å². The molecule has 1 amide bonds.